The second-order valence-corrected chi connectivity index (χ2v) is 6.71. The van der Waals surface area contributed by atoms with Crippen LogP contribution in [0.25, 0.3) is 0 Å². The van der Waals surface area contributed by atoms with Crippen LogP contribution >= 0.6 is 24.0 Å². The van der Waals surface area contributed by atoms with Crippen molar-refractivity contribution in [1.82, 2.24) is 20.3 Å². The summed E-state index contributed by atoms with van der Waals surface area (Å²) in [5.41, 5.74) is 0.985. The molecule has 7 nitrogen and oxygen atoms in total. The van der Waals surface area contributed by atoms with Crippen molar-refractivity contribution < 1.29 is 9.63 Å². The minimum atomic E-state index is -0.170. The first-order valence-corrected chi connectivity index (χ1v) is 9.09. The fourth-order valence-electron chi connectivity index (χ4n) is 3.53. The minimum Gasteiger partial charge on any atom is -0.393 e. The molecule has 2 unspecified atom stereocenters. The third-order valence-electron chi connectivity index (χ3n) is 4.98. The van der Waals surface area contributed by atoms with E-state index in [1.54, 1.807) is 6.26 Å². The molecule has 0 aromatic carbocycles. The number of piperazine rings is 1. The Morgan fingerprint density at radius 1 is 1.36 bits per heavy atom. The lowest BCUT2D eigenvalue weighted by Crippen LogP contribution is -2.52. The molecule has 0 amide bonds. The number of hydrogen-bond acceptors (Lipinski definition) is 5. The second kappa shape index (κ2) is 10.3. The third kappa shape index (κ3) is 5.82. The predicted molar refractivity (Wildman–Crippen MR) is 108 cm³/mol. The standard InChI is InChI=1S/C17H29N5O2.HI/c1-2-18-17(19-12-14-4-3-5-16(14)23)22-9-7-21(8-10-22)13-15-6-11-24-20-15;/h6,11,14,16,23H,2-5,7-10,12-13H2,1H3,(H,18,19);1H. The average Bonchev–Trinajstić information content (AvgIpc) is 3.24. The molecule has 8 heteroatoms. The SMILES string of the molecule is CCNC(=NCC1CCCC1O)N1CCN(Cc2ccon2)CC1.I. The Morgan fingerprint density at radius 3 is 2.76 bits per heavy atom. The number of aliphatic hydroxyl groups excluding tert-OH is 1. The number of rotatable bonds is 5. The minimum absolute atomic E-state index is 0. The number of guanidine groups is 1. The number of hydrogen-bond donors (Lipinski definition) is 2. The molecule has 142 valence electrons. The maximum absolute atomic E-state index is 9.98. The highest BCUT2D eigenvalue weighted by Gasteiger charge is 2.26. The average molecular weight is 463 g/mol. The summed E-state index contributed by atoms with van der Waals surface area (Å²) in [5.74, 6) is 1.31. The molecule has 1 aliphatic heterocycles. The van der Waals surface area contributed by atoms with E-state index in [1.165, 1.54) is 0 Å². The van der Waals surface area contributed by atoms with E-state index in [4.69, 9.17) is 9.52 Å². The highest BCUT2D eigenvalue weighted by atomic mass is 127. The third-order valence-corrected chi connectivity index (χ3v) is 4.98. The summed E-state index contributed by atoms with van der Waals surface area (Å²) < 4.78 is 4.90. The quantitative estimate of drug-likeness (QED) is 0.392. The van der Waals surface area contributed by atoms with Crippen LogP contribution in [-0.2, 0) is 6.54 Å². The van der Waals surface area contributed by atoms with Crippen LogP contribution in [0.15, 0.2) is 21.8 Å². The van der Waals surface area contributed by atoms with Gasteiger partial charge < -0.3 is 19.8 Å². The lowest BCUT2D eigenvalue weighted by Gasteiger charge is -2.36. The number of aliphatic hydroxyl groups is 1. The molecule has 0 spiro atoms. The topological polar surface area (TPSA) is 77.1 Å². The zero-order chi connectivity index (χ0) is 16.8. The van der Waals surface area contributed by atoms with Crippen molar-refractivity contribution in [3.63, 3.8) is 0 Å². The van der Waals surface area contributed by atoms with Gasteiger partial charge in [-0.15, -0.1) is 24.0 Å². The van der Waals surface area contributed by atoms with E-state index in [1.807, 2.05) is 6.07 Å². The molecule has 0 radical (unpaired) electrons. The summed E-state index contributed by atoms with van der Waals surface area (Å²) in [6.45, 7) is 8.42. The van der Waals surface area contributed by atoms with Crippen molar-refractivity contribution in [2.45, 2.75) is 38.8 Å². The summed E-state index contributed by atoms with van der Waals surface area (Å²) in [7, 11) is 0. The van der Waals surface area contributed by atoms with Crippen LogP contribution in [0.2, 0.25) is 0 Å². The van der Waals surface area contributed by atoms with Gasteiger partial charge in [-0.1, -0.05) is 11.6 Å². The Bertz CT molecular complexity index is 517. The van der Waals surface area contributed by atoms with Gasteiger partial charge in [0.15, 0.2) is 5.96 Å². The molecule has 1 saturated heterocycles. The summed E-state index contributed by atoms with van der Waals surface area (Å²) in [4.78, 5) is 9.51. The van der Waals surface area contributed by atoms with Crippen molar-refractivity contribution in [1.29, 1.82) is 0 Å². The molecular formula is C17H30IN5O2. The molecule has 1 saturated carbocycles. The van der Waals surface area contributed by atoms with Crippen molar-refractivity contribution >= 4 is 29.9 Å². The lowest BCUT2D eigenvalue weighted by atomic mass is 10.1. The summed E-state index contributed by atoms with van der Waals surface area (Å²) in [5, 5.41) is 17.4. The molecule has 3 rings (SSSR count). The van der Waals surface area contributed by atoms with E-state index in [0.29, 0.717) is 5.92 Å². The van der Waals surface area contributed by atoms with Crippen molar-refractivity contribution in [3.05, 3.63) is 18.0 Å². The number of nitrogens with one attached hydrogen (secondary N) is 1. The van der Waals surface area contributed by atoms with Gasteiger partial charge in [-0.05, 0) is 19.8 Å². The van der Waals surface area contributed by atoms with Crippen molar-refractivity contribution in [2.75, 3.05) is 39.3 Å². The summed E-state index contributed by atoms with van der Waals surface area (Å²) in [6.07, 6.45) is 4.60. The number of aliphatic imine (C=N–C) groups is 1. The van der Waals surface area contributed by atoms with E-state index < -0.39 is 0 Å². The molecule has 2 fully saturated rings. The predicted octanol–water partition coefficient (Wildman–Crippen LogP) is 1.54. The fraction of sp³-hybridized carbons (Fsp3) is 0.765. The van der Waals surface area contributed by atoms with Crippen LogP contribution in [0.4, 0.5) is 0 Å². The van der Waals surface area contributed by atoms with Gasteiger partial charge in [-0.2, -0.15) is 0 Å². The Balaban J connectivity index is 0.00000225. The van der Waals surface area contributed by atoms with E-state index >= 15 is 0 Å². The molecular weight excluding hydrogens is 433 g/mol. The molecule has 2 N–H and O–H groups in total. The molecule has 1 aliphatic carbocycles. The zero-order valence-electron chi connectivity index (χ0n) is 14.9. The highest BCUT2D eigenvalue weighted by molar-refractivity contribution is 14.0. The van der Waals surface area contributed by atoms with Gasteiger partial charge in [0.05, 0.1) is 11.8 Å². The van der Waals surface area contributed by atoms with Crippen LogP contribution in [0.1, 0.15) is 31.9 Å². The maximum atomic E-state index is 9.98. The first-order chi connectivity index (χ1) is 11.8. The summed E-state index contributed by atoms with van der Waals surface area (Å²) in [6, 6.07) is 1.92. The van der Waals surface area contributed by atoms with Crippen molar-refractivity contribution in [2.24, 2.45) is 10.9 Å². The van der Waals surface area contributed by atoms with Gasteiger partial charge in [-0.3, -0.25) is 9.89 Å². The number of nitrogens with zero attached hydrogens (tertiary/aromatic N) is 4. The molecule has 2 heterocycles. The number of halogens is 1. The molecule has 0 bridgehead atoms. The molecule has 2 aliphatic rings. The Hall–Kier alpha value is -0.870. The Kier molecular flexibility index (Phi) is 8.44. The van der Waals surface area contributed by atoms with Gasteiger partial charge in [0.1, 0.15) is 6.26 Å². The number of aromatic nitrogens is 1. The van der Waals surface area contributed by atoms with Crippen LogP contribution < -0.4 is 5.32 Å². The van der Waals surface area contributed by atoms with Gasteiger partial charge in [0, 0.05) is 57.8 Å². The van der Waals surface area contributed by atoms with Crippen LogP contribution in [0.5, 0.6) is 0 Å². The van der Waals surface area contributed by atoms with Crippen LogP contribution in [-0.4, -0.2) is 71.4 Å². The highest BCUT2D eigenvalue weighted by Crippen LogP contribution is 2.25. The first kappa shape index (κ1) is 20.4. The molecule has 1 aromatic heterocycles. The maximum Gasteiger partial charge on any atom is 0.194 e. The van der Waals surface area contributed by atoms with E-state index in [-0.39, 0.29) is 30.1 Å². The lowest BCUT2D eigenvalue weighted by molar-refractivity contribution is 0.136. The van der Waals surface area contributed by atoms with Gasteiger partial charge in [-0.25, -0.2) is 0 Å². The molecule has 25 heavy (non-hydrogen) atoms. The van der Waals surface area contributed by atoms with Gasteiger partial charge in [0.2, 0.25) is 0 Å². The van der Waals surface area contributed by atoms with E-state index in [9.17, 15) is 5.11 Å². The first-order valence-electron chi connectivity index (χ1n) is 9.09. The summed E-state index contributed by atoms with van der Waals surface area (Å²) >= 11 is 0. The monoisotopic (exact) mass is 463 g/mol. The van der Waals surface area contributed by atoms with Crippen LogP contribution in [0.3, 0.4) is 0 Å². The van der Waals surface area contributed by atoms with Gasteiger partial charge >= 0.3 is 0 Å². The Labute approximate surface area is 166 Å². The molecule has 2 atom stereocenters. The van der Waals surface area contributed by atoms with E-state index in [2.05, 4.69) is 27.2 Å². The fourth-order valence-corrected chi connectivity index (χ4v) is 3.53. The molecule has 1 aromatic rings. The van der Waals surface area contributed by atoms with Gasteiger partial charge in [0.25, 0.3) is 0 Å². The normalized spacial score (nSPS) is 25.0. The largest absolute Gasteiger partial charge is 0.393 e. The van der Waals surface area contributed by atoms with E-state index in [0.717, 1.165) is 76.7 Å². The van der Waals surface area contributed by atoms with Crippen molar-refractivity contribution in [3.8, 4) is 0 Å². The Morgan fingerprint density at radius 2 is 2.16 bits per heavy atom. The van der Waals surface area contributed by atoms with Crippen LogP contribution in [0, 0.1) is 5.92 Å². The zero-order valence-corrected chi connectivity index (χ0v) is 17.3. The second-order valence-electron chi connectivity index (χ2n) is 6.71. The smallest absolute Gasteiger partial charge is 0.194 e.